The minimum Gasteiger partial charge on any atom is -0.494 e. The van der Waals surface area contributed by atoms with Gasteiger partial charge in [0, 0.05) is 24.6 Å². The maximum absolute atomic E-state index is 13.2. The van der Waals surface area contributed by atoms with Gasteiger partial charge < -0.3 is 19.5 Å². The van der Waals surface area contributed by atoms with E-state index in [1.165, 1.54) is 5.56 Å². The predicted octanol–water partition coefficient (Wildman–Crippen LogP) is 3.00. The van der Waals surface area contributed by atoms with Gasteiger partial charge in [0.25, 0.3) is 5.91 Å². The van der Waals surface area contributed by atoms with Crippen LogP contribution in [0.25, 0.3) is 0 Å². The lowest BCUT2D eigenvalue weighted by Gasteiger charge is -2.34. The van der Waals surface area contributed by atoms with Gasteiger partial charge in [-0.15, -0.1) is 0 Å². The molecule has 1 N–H and O–H groups in total. The van der Waals surface area contributed by atoms with Gasteiger partial charge in [-0.25, -0.2) is 5.43 Å². The molecule has 0 bridgehead atoms. The molecule has 32 heavy (non-hydrogen) atoms. The Balaban J connectivity index is 1.25. The number of aryl methyl sites for hydroxylation is 1. The summed E-state index contributed by atoms with van der Waals surface area (Å²) in [6.45, 7) is 3.34. The third-order valence-electron chi connectivity index (χ3n) is 6.39. The fourth-order valence-corrected chi connectivity index (χ4v) is 4.77. The molecule has 0 aromatic heterocycles. The summed E-state index contributed by atoms with van der Waals surface area (Å²) in [6.07, 6.45) is 6.14. The van der Waals surface area contributed by atoms with E-state index < -0.39 is 0 Å². The highest BCUT2D eigenvalue weighted by Crippen LogP contribution is 2.32. The summed E-state index contributed by atoms with van der Waals surface area (Å²) in [5.41, 5.74) is 6.67. The Bertz CT molecular complexity index is 1040. The van der Waals surface area contributed by atoms with Crippen molar-refractivity contribution in [1.82, 2.24) is 15.3 Å². The van der Waals surface area contributed by atoms with Gasteiger partial charge in [0.1, 0.15) is 18.3 Å². The molecule has 0 radical (unpaired) electrons. The number of carbonyl (C=O) groups excluding carboxylic acids is 2. The number of ether oxygens (including phenoxy) is 1. The maximum atomic E-state index is 13.2. The number of nitrogens with one attached hydrogen (secondary N) is 1. The Morgan fingerprint density at radius 2 is 1.94 bits per heavy atom. The van der Waals surface area contributed by atoms with Crippen molar-refractivity contribution in [1.29, 1.82) is 0 Å². The third-order valence-corrected chi connectivity index (χ3v) is 6.39. The van der Waals surface area contributed by atoms with Gasteiger partial charge in [0.2, 0.25) is 5.91 Å². The number of anilines is 1. The van der Waals surface area contributed by atoms with Crippen molar-refractivity contribution in [2.75, 3.05) is 24.6 Å². The van der Waals surface area contributed by atoms with Crippen LogP contribution in [0.3, 0.4) is 0 Å². The number of nitrogens with zero attached hydrogens (tertiary/aromatic N) is 3. The van der Waals surface area contributed by atoms with Crippen LogP contribution < -0.4 is 15.1 Å². The third kappa shape index (κ3) is 3.84. The lowest BCUT2D eigenvalue weighted by molar-refractivity contribution is -0.137. The standard InChI is InChI=1S/C25H28N4O3/c1-2-32-20-11-9-18(10-12-20)21-16-23-25(31)27(14-15-29(23)26-21)17-24(30)28-13-5-7-19-6-3-4-8-22(19)28/h3-4,6,8-12,14-15,21,23,26H,2,5,7,13,16-17H2,1H3. The molecule has 3 aliphatic rings. The van der Waals surface area contributed by atoms with Crippen LogP contribution in [0, 0.1) is 0 Å². The molecule has 2 aromatic carbocycles. The van der Waals surface area contributed by atoms with Gasteiger partial charge in [-0.05, 0) is 55.5 Å². The van der Waals surface area contributed by atoms with E-state index in [2.05, 4.69) is 11.5 Å². The summed E-state index contributed by atoms with van der Waals surface area (Å²) in [7, 11) is 0. The van der Waals surface area contributed by atoms with Crippen LogP contribution in [-0.2, 0) is 16.0 Å². The van der Waals surface area contributed by atoms with Gasteiger partial charge in [-0.3, -0.25) is 9.59 Å². The van der Waals surface area contributed by atoms with E-state index in [1.54, 1.807) is 11.1 Å². The summed E-state index contributed by atoms with van der Waals surface area (Å²) in [6, 6.07) is 15.7. The first-order valence-electron chi connectivity index (χ1n) is 11.3. The molecule has 0 saturated carbocycles. The smallest absolute Gasteiger partial charge is 0.251 e. The van der Waals surface area contributed by atoms with Crippen molar-refractivity contribution in [3.63, 3.8) is 0 Å². The van der Waals surface area contributed by atoms with Gasteiger partial charge in [0.05, 0.1) is 12.6 Å². The van der Waals surface area contributed by atoms with E-state index in [0.29, 0.717) is 19.6 Å². The summed E-state index contributed by atoms with van der Waals surface area (Å²) < 4.78 is 5.52. The van der Waals surface area contributed by atoms with Gasteiger partial charge in [-0.2, -0.15) is 0 Å². The molecule has 7 nitrogen and oxygen atoms in total. The van der Waals surface area contributed by atoms with Crippen LogP contribution in [-0.4, -0.2) is 47.5 Å². The second-order valence-corrected chi connectivity index (χ2v) is 8.38. The first-order valence-corrected chi connectivity index (χ1v) is 11.3. The Hall–Kier alpha value is -3.32. The summed E-state index contributed by atoms with van der Waals surface area (Å²) >= 11 is 0. The molecule has 2 atom stereocenters. The molecule has 166 valence electrons. The molecule has 2 aromatic rings. The van der Waals surface area contributed by atoms with Crippen molar-refractivity contribution in [2.24, 2.45) is 0 Å². The fraction of sp³-hybridized carbons (Fsp3) is 0.360. The average molecular weight is 433 g/mol. The molecule has 5 rings (SSSR count). The monoisotopic (exact) mass is 432 g/mol. The number of hydrogen-bond donors (Lipinski definition) is 1. The number of benzene rings is 2. The number of fused-ring (bicyclic) bond motifs is 2. The quantitative estimate of drug-likeness (QED) is 0.787. The average Bonchev–Trinajstić information content (AvgIpc) is 3.26. The largest absolute Gasteiger partial charge is 0.494 e. The molecular formula is C25H28N4O3. The topological polar surface area (TPSA) is 65.1 Å². The van der Waals surface area contributed by atoms with Crippen molar-refractivity contribution >= 4 is 17.5 Å². The van der Waals surface area contributed by atoms with Gasteiger partial charge >= 0.3 is 0 Å². The molecule has 2 amide bonds. The van der Waals surface area contributed by atoms with Gasteiger partial charge in [-0.1, -0.05) is 30.3 Å². The highest BCUT2D eigenvalue weighted by atomic mass is 16.5. The van der Waals surface area contributed by atoms with E-state index in [9.17, 15) is 9.59 Å². The Morgan fingerprint density at radius 3 is 2.75 bits per heavy atom. The Labute approximate surface area is 188 Å². The molecule has 1 saturated heterocycles. The number of carbonyl (C=O) groups is 2. The second kappa shape index (κ2) is 8.67. The summed E-state index contributed by atoms with van der Waals surface area (Å²) in [5, 5.41) is 1.86. The zero-order chi connectivity index (χ0) is 22.1. The minimum atomic E-state index is -0.321. The molecule has 0 aliphatic carbocycles. The molecule has 2 unspecified atom stereocenters. The summed E-state index contributed by atoms with van der Waals surface area (Å²) in [5.74, 6) is 0.747. The minimum absolute atomic E-state index is 0.0360. The van der Waals surface area contributed by atoms with Crippen LogP contribution in [0.4, 0.5) is 5.69 Å². The first kappa shape index (κ1) is 20.6. The fourth-order valence-electron chi connectivity index (χ4n) is 4.77. The summed E-state index contributed by atoms with van der Waals surface area (Å²) in [4.78, 5) is 29.7. The van der Waals surface area contributed by atoms with E-state index in [0.717, 1.165) is 29.8 Å². The molecule has 1 fully saturated rings. The second-order valence-electron chi connectivity index (χ2n) is 8.38. The Morgan fingerprint density at radius 1 is 1.12 bits per heavy atom. The van der Waals surface area contributed by atoms with Crippen LogP contribution in [0.2, 0.25) is 0 Å². The SMILES string of the molecule is CCOc1ccc(C2CC3C(=O)N(CC(=O)N4CCCc5ccccc54)C=CN3N2)cc1. The molecule has 7 heteroatoms. The number of amides is 2. The highest BCUT2D eigenvalue weighted by molar-refractivity contribution is 5.98. The van der Waals surface area contributed by atoms with Gasteiger partial charge in [0.15, 0.2) is 0 Å². The number of rotatable bonds is 5. The predicted molar refractivity (Wildman–Crippen MR) is 122 cm³/mol. The van der Waals surface area contributed by atoms with E-state index in [1.807, 2.05) is 65.5 Å². The molecule has 0 spiro atoms. The molecular weight excluding hydrogens is 404 g/mol. The van der Waals surface area contributed by atoms with Crippen molar-refractivity contribution in [2.45, 2.75) is 38.3 Å². The Kier molecular flexibility index (Phi) is 5.57. The highest BCUT2D eigenvalue weighted by Gasteiger charge is 2.40. The van der Waals surface area contributed by atoms with E-state index in [-0.39, 0.29) is 30.4 Å². The number of hydrogen-bond acceptors (Lipinski definition) is 5. The van der Waals surface area contributed by atoms with Crippen molar-refractivity contribution in [3.8, 4) is 5.75 Å². The maximum Gasteiger partial charge on any atom is 0.251 e. The zero-order valence-corrected chi connectivity index (χ0v) is 18.2. The normalized spacial score (nSPS) is 22.0. The van der Waals surface area contributed by atoms with Crippen LogP contribution in [0.5, 0.6) is 5.75 Å². The zero-order valence-electron chi connectivity index (χ0n) is 18.2. The van der Waals surface area contributed by atoms with Crippen LogP contribution in [0.1, 0.15) is 36.9 Å². The van der Waals surface area contributed by atoms with Crippen molar-refractivity contribution in [3.05, 3.63) is 72.1 Å². The molecule has 3 aliphatic heterocycles. The van der Waals surface area contributed by atoms with Crippen molar-refractivity contribution < 1.29 is 14.3 Å². The first-order chi connectivity index (χ1) is 15.6. The van der Waals surface area contributed by atoms with E-state index >= 15 is 0 Å². The lowest BCUT2D eigenvalue weighted by Crippen LogP contribution is -2.51. The number of para-hydroxylation sites is 1. The lowest BCUT2D eigenvalue weighted by atomic mass is 10.0. The van der Waals surface area contributed by atoms with Crippen LogP contribution in [0.15, 0.2) is 60.9 Å². The van der Waals surface area contributed by atoms with E-state index in [4.69, 9.17) is 4.74 Å². The molecule has 3 heterocycles. The number of hydrazine groups is 1. The van der Waals surface area contributed by atoms with Crippen LogP contribution >= 0.6 is 0 Å².